The molecule has 1 atom stereocenters. The molecule has 19 heavy (non-hydrogen) atoms. The second kappa shape index (κ2) is 6.40. The van der Waals surface area contributed by atoms with Crippen LogP contribution >= 0.6 is 0 Å². The molecule has 1 aliphatic rings. The minimum atomic E-state index is -0.290. The van der Waals surface area contributed by atoms with Crippen molar-refractivity contribution in [2.45, 2.75) is 39.0 Å². The lowest BCUT2D eigenvalue weighted by molar-refractivity contribution is -0.0327. The molecule has 2 rings (SSSR count). The molecule has 1 aromatic rings. The summed E-state index contributed by atoms with van der Waals surface area (Å²) < 4.78 is 12.8. The Kier molecular flexibility index (Phi) is 4.84. The Morgan fingerprint density at radius 1 is 1.53 bits per heavy atom. The van der Waals surface area contributed by atoms with Crippen LogP contribution in [0.4, 0.5) is 0 Å². The summed E-state index contributed by atoms with van der Waals surface area (Å²) in [6, 6.07) is 0. The summed E-state index contributed by atoms with van der Waals surface area (Å²) in [5, 5.41) is 15.2. The van der Waals surface area contributed by atoms with Crippen LogP contribution in [0.2, 0.25) is 0 Å². The molecule has 1 unspecified atom stereocenters. The molecule has 7 heteroatoms. The van der Waals surface area contributed by atoms with E-state index < -0.39 is 0 Å². The van der Waals surface area contributed by atoms with Gasteiger partial charge in [0.25, 0.3) is 0 Å². The molecule has 1 saturated heterocycles. The van der Waals surface area contributed by atoms with Gasteiger partial charge in [0.05, 0.1) is 19.7 Å². The highest BCUT2D eigenvalue weighted by atomic mass is 16.5. The van der Waals surface area contributed by atoms with E-state index in [9.17, 15) is 0 Å². The first kappa shape index (κ1) is 14.4. The molecular weight excluding hydrogens is 246 g/mol. The topological polar surface area (TPSA) is 74.1 Å². The van der Waals surface area contributed by atoms with Gasteiger partial charge in [-0.05, 0) is 22.9 Å². The number of tetrazole rings is 1. The maximum atomic E-state index is 5.61. The SMILES string of the molecule is COC1(Cn2nnnc2CNCC(C)C)CCOC1. The van der Waals surface area contributed by atoms with Crippen LogP contribution in [-0.2, 0) is 22.6 Å². The van der Waals surface area contributed by atoms with Gasteiger partial charge in [-0.2, -0.15) is 0 Å². The molecule has 0 bridgehead atoms. The van der Waals surface area contributed by atoms with Gasteiger partial charge in [0.1, 0.15) is 5.60 Å². The quantitative estimate of drug-likeness (QED) is 0.763. The molecule has 0 saturated carbocycles. The van der Waals surface area contributed by atoms with Crippen molar-refractivity contribution in [3.8, 4) is 0 Å². The first-order valence-corrected chi connectivity index (χ1v) is 6.74. The smallest absolute Gasteiger partial charge is 0.165 e. The van der Waals surface area contributed by atoms with E-state index in [1.54, 1.807) is 7.11 Å². The zero-order chi connectivity index (χ0) is 13.7. The third kappa shape index (κ3) is 3.71. The Hall–Kier alpha value is -1.05. The Morgan fingerprint density at radius 3 is 3.00 bits per heavy atom. The Bertz CT molecular complexity index is 387. The number of nitrogens with zero attached hydrogens (tertiary/aromatic N) is 4. The standard InChI is InChI=1S/C12H23N5O2/c1-10(2)6-13-7-11-14-15-16-17(11)8-12(18-3)4-5-19-9-12/h10,13H,4-9H2,1-3H3. The van der Waals surface area contributed by atoms with Crippen molar-refractivity contribution in [1.82, 2.24) is 25.5 Å². The van der Waals surface area contributed by atoms with Gasteiger partial charge in [-0.1, -0.05) is 13.8 Å². The van der Waals surface area contributed by atoms with Gasteiger partial charge in [0.2, 0.25) is 0 Å². The van der Waals surface area contributed by atoms with Gasteiger partial charge >= 0.3 is 0 Å². The van der Waals surface area contributed by atoms with Crippen molar-refractivity contribution < 1.29 is 9.47 Å². The summed E-state index contributed by atoms with van der Waals surface area (Å²) in [6.45, 7) is 7.93. The van der Waals surface area contributed by atoms with Crippen LogP contribution in [0.25, 0.3) is 0 Å². The van der Waals surface area contributed by atoms with Crippen molar-refractivity contribution in [1.29, 1.82) is 0 Å². The van der Waals surface area contributed by atoms with Crippen molar-refractivity contribution in [2.24, 2.45) is 5.92 Å². The number of hydrogen-bond donors (Lipinski definition) is 1. The molecule has 1 N–H and O–H groups in total. The molecule has 0 aromatic carbocycles. The van der Waals surface area contributed by atoms with Crippen LogP contribution < -0.4 is 5.32 Å². The molecule has 7 nitrogen and oxygen atoms in total. The number of rotatable bonds is 7. The van der Waals surface area contributed by atoms with E-state index in [0.29, 0.717) is 25.6 Å². The summed E-state index contributed by atoms with van der Waals surface area (Å²) >= 11 is 0. The van der Waals surface area contributed by atoms with Gasteiger partial charge in [0, 0.05) is 20.1 Å². The van der Waals surface area contributed by atoms with Gasteiger partial charge in [0.15, 0.2) is 5.82 Å². The molecule has 0 amide bonds. The average Bonchev–Trinajstić information content (AvgIpc) is 3.00. The van der Waals surface area contributed by atoms with Crippen molar-refractivity contribution in [3.63, 3.8) is 0 Å². The summed E-state index contributed by atoms with van der Waals surface area (Å²) in [5.41, 5.74) is -0.290. The molecule has 0 spiro atoms. The summed E-state index contributed by atoms with van der Waals surface area (Å²) in [6.07, 6.45) is 0.877. The molecule has 108 valence electrons. The van der Waals surface area contributed by atoms with E-state index in [0.717, 1.165) is 25.4 Å². The number of ether oxygens (including phenoxy) is 2. The minimum Gasteiger partial charge on any atom is -0.378 e. The van der Waals surface area contributed by atoms with E-state index >= 15 is 0 Å². The van der Waals surface area contributed by atoms with Crippen LogP contribution in [0.1, 0.15) is 26.1 Å². The van der Waals surface area contributed by atoms with Crippen molar-refractivity contribution in [3.05, 3.63) is 5.82 Å². The zero-order valence-corrected chi connectivity index (χ0v) is 11.9. The zero-order valence-electron chi connectivity index (χ0n) is 11.9. The molecule has 1 aliphatic heterocycles. The van der Waals surface area contributed by atoms with Crippen molar-refractivity contribution >= 4 is 0 Å². The average molecular weight is 269 g/mol. The minimum absolute atomic E-state index is 0.290. The summed E-state index contributed by atoms with van der Waals surface area (Å²) in [5.74, 6) is 1.45. The first-order valence-electron chi connectivity index (χ1n) is 6.74. The number of nitrogens with one attached hydrogen (secondary N) is 1. The second-order valence-corrected chi connectivity index (χ2v) is 5.47. The van der Waals surface area contributed by atoms with Gasteiger partial charge in [-0.3, -0.25) is 0 Å². The third-order valence-corrected chi connectivity index (χ3v) is 3.38. The maximum Gasteiger partial charge on any atom is 0.165 e. The van der Waals surface area contributed by atoms with E-state index in [2.05, 4.69) is 34.7 Å². The monoisotopic (exact) mass is 269 g/mol. The molecule has 1 aromatic heterocycles. The van der Waals surface area contributed by atoms with Crippen LogP contribution in [0, 0.1) is 5.92 Å². The molecule has 0 radical (unpaired) electrons. The van der Waals surface area contributed by atoms with Crippen LogP contribution in [0.5, 0.6) is 0 Å². The predicted molar refractivity (Wildman–Crippen MR) is 69.5 cm³/mol. The molecule has 2 heterocycles. The number of methoxy groups -OCH3 is 1. The maximum absolute atomic E-state index is 5.61. The fraction of sp³-hybridized carbons (Fsp3) is 0.917. The fourth-order valence-electron chi connectivity index (χ4n) is 2.16. The first-order chi connectivity index (χ1) is 9.15. The van der Waals surface area contributed by atoms with Crippen molar-refractivity contribution in [2.75, 3.05) is 26.9 Å². The second-order valence-electron chi connectivity index (χ2n) is 5.47. The van der Waals surface area contributed by atoms with Crippen LogP contribution in [-0.4, -0.2) is 52.7 Å². The van der Waals surface area contributed by atoms with Crippen LogP contribution in [0.3, 0.4) is 0 Å². The number of hydrogen-bond acceptors (Lipinski definition) is 6. The lowest BCUT2D eigenvalue weighted by Gasteiger charge is -2.25. The van der Waals surface area contributed by atoms with E-state index in [1.807, 2.05) is 4.68 Å². The molecular formula is C12H23N5O2. The fourth-order valence-corrected chi connectivity index (χ4v) is 2.16. The summed E-state index contributed by atoms with van der Waals surface area (Å²) in [7, 11) is 1.72. The lowest BCUT2D eigenvalue weighted by Crippen LogP contribution is -2.38. The Balaban J connectivity index is 1.95. The van der Waals surface area contributed by atoms with Crippen LogP contribution in [0.15, 0.2) is 0 Å². The molecule has 1 fully saturated rings. The molecule has 0 aliphatic carbocycles. The largest absolute Gasteiger partial charge is 0.378 e. The van der Waals surface area contributed by atoms with Gasteiger partial charge in [-0.15, -0.1) is 5.10 Å². The van der Waals surface area contributed by atoms with Gasteiger partial charge in [-0.25, -0.2) is 4.68 Å². The van der Waals surface area contributed by atoms with E-state index in [4.69, 9.17) is 9.47 Å². The van der Waals surface area contributed by atoms with Gasteiger partial charge < -0.3 is 14.8 Å². The third-order valence-electron chi connectivity index (χ3n) is 3.38. The Morgan fingerprint density at radius 2 is 2.37 bits per heavy atom. The normalized spacial score (nSPS) is 23.4. The summed E-state index contributed by atoms with van der Waals surface area (Å²) in [4.78, 5) is 0. The Labute approximate surface area is 113 Å². The lowest BCUT2D eigenvalue weighted by atomic mass is 10.0. The highest BCUT2D eigenvalue weighted by Crippen LogP contribution is 2.24. The highest BCUT2D eigenvalue weighted by Gasteiger charge is 2.36. The predicted octanol–water partition coefficient (Wildman–Crippen LogP) is 0.224. The van der Waals surface area contributed by atoms with E-state index in [1.165, 1.54) is 0 Å². The number of aromatic nitrogens is 4. The van der Waals surface area contributed by atoms with E-state index in [-0.39, 0.29) is 5.60 Å². The highest BCUT2D eigenvalue weighted by molar-refractivity contribution is 4.89.